The predicted octanol–water partition coefficient (Wildman–Crippen LogP) is 1.83. The van der Waals surface area contributed by atoms with Gasteiger partial charge in [-0.2, -0.15) is 0 Å². The summed E-state index contributed by atoms with van der Waals surface area (Å²) in [4.78, 5) is 22.4. The Morgan fingerprint density at radius 2 is 1.74 bits per heavy atom. The number of benzene rings is 1. The molecular weight excluding hydrogens is 321 g/mol. The van der Waals surface area contributed by atoms with Crippen LogP contribution in [0.1, 0.15) is 10.4 Å². The van der Waals surface area contributed by atoms with Crippen molar-refractivity contribution in [2.75, 3.05) is 13.2 Å². The normalized spacial score (nSPS) is 12.2. The van der Waals surface area contributed by atoms with E-state index in [4.69, 9.17) is 4.74 Å². The highest BCUT2D eigenvalue weighted by Gasteiger charge is 2.31. The fraction of sp³-hybridized carbons (Fsp3) is 0.286. The Balaban J connectivity index is 2.45. The highest BCUT2D eigenvalue weighted by Crippen LogP contribution is 2.22. The summed E-state index contributed by atoms with van der Waals surface area (Å²) < 4.78 is 48.9. The highest BCUT2D eigenvalue weighted by atomic mass is 19.4. The third-order valence-electron chi connectivity index (χ3n) is 2.32. The average molecular weight is 334 g/mol. The van der Waals surface area contributed by atoms with Crippen molar-refractivity contribution in [1.82, 2.24) is 0 Å². The SMILES string of the molecule is C=CC(=O)OCC(O)COC(=O)c1ccc(OC(F)(F)F)cc1. The van der Waals surface area contributed by atoms with E-state index in [2.05, 4.69) is 16.1 Å². The second-order valence-electron chi connectivity index (χ2n) is 4.16. The standard InChI is InChI=1S/C14H13F3O6/c1-2-12(19)21-7-10(18)8-22-13(20)9-3-5-11(6-4-9)23-14(15,16)17/h2-6,10,18H,1,7-8H2. The largest absolute Gasteiger partial charge is 0.573 e. The van der Waals surface area contributed by atoms with E-state index in [9.17, 15) is 27.9 Å². The van der Waals surface area contributed by atoms with Gasteiger partial charge in [0, 0.05) is 6.08 Å². The van der Waals surface area contributed by atoms with Gasteiger partial charge in [-0.25, -0.2) is 9.59 Å². The molecule has 0 spiro atoms. The lowest BCUT2D eigenvalue weighted by Crippen LogP contribution is -2.25. The van der Waals surface area contributed by atoms with Gasteiger partial charge in [0.2, 0.25) is 0 Å². The van der Waals surface area contributed by atoms with Gasteiger partial charge in [0.15, 0.2) is 0 Å². The molecule has 23 heavy (non-hydrogen) atoms. The molecule has 0 saturated heterocycles. The maximum atomic E-state index is 12.0. The number of hydrogen-bond donors (Lipinski definition) is 1. The first-order valence-electron chi connectivity index (χ1n) is 6.21. The number of carbonyl (C=O) groups excluding carboxylic acids is 2. The van der Waals surface area contributed by atoms with Gasteiger partial charge in [-0.3, -0.25) is 0 Å². The number of rotatable bonds is 7. The van der Waals surface area contributed by atoms with Crippen molar-refractivity contribution in [3.05, 3.63) is 42.5 Å². The molecule has 1 aromatic carbocycles. The Kier molecular flexibility index (Phi) is 6.58. The summed E-state index contributed by atoms with van der Waals surface area (Å²) in [5.74, 6) is -2.08. The molecule has 1 N–H and O–H groups in total. The molecule has 1 rings (SSSR count). The molecule has 0 amide bonds. The molecule has 9 heteroatoms. The second-order valence-corrected chi connectivity index (χ2v) is 4.16. The molecule has 0 bridgehead atoms. The van der Waals surface area contributed by atoms with E-state index in [1.807, 2.05) is 0 Å². The Morgan fingerprint density at radius 3 is 2.26 bits per heavy atom. The van der Waals surface area contributed by atoms with Crippen LogP contribution >= 0.6 is 0 Å². The van der Waals surface area contributed by atoms with Gasteiger partial charge >= 0.3 is 18.3 Å². The van der Waals surface area contributed by atoms with Crippen molar-refractivity contribution in [1.29, 1.82) is 0 Å². The molecule has 1 atom stereocenters. The van der Waals surface area contributed by atoms with E-state index in [0.717, 1.165) is 30.3 Å². The van der Waals surface area contributed by atoms with Crippen molar-refractivity contribution in [3.63, 3.8) is 0 Å². The summed E-state index contributed by atoms with van der Waals surface area (Å²) in [6.07, 6.45) is -5.16. The fourth-order valence-electron chi connectivity index (χ4n) is 1.33. The number of aliphatic hydroxyl groups is 1. The molecule has 0 aliphatic carbocycles. The third-order valence-corrected chi connectivity index (χ3v) is 2.32. The summed E-state index contributed by atoms with van der Waals surface area (Å²) in [7, 11) is 0. The number of esters is 2. The minimum atomic E-state index is -4.82. The molecule has 0 heterocycles. The van der Waals surface area contributed by atoms with Crippen molar-refractivity contribution < 1.29 is 42.1 Å². The van der Waals surface area contributed by atoms with E-state index < -0.39 is 43.4 Å². The van der Waals surface area contributed by atoms with Gasteiger partial charge in [-0.05, 0) is 24.3 Å². The molecule has 126 valence electrons. The number of aliphatic hydroxyl groups excluding tert-OH is 1. The highest BCUT2D eigenvalue weighted by molar-refractivity contribution is 5.89. The van der Waals surface area contributed by atoms with Gasteiger partial charge in [-0.15, -0.1) is 13.2 Å². The average Bonchev–Trinajstić information content (AvgIpc) is 2.49. The van der Waals surface area contributed by atoms with Crippen molar-refractivity contribution in [3.8, 4) is 5.75 Å². The van der Waals surface area contributed by atoms with Crippen LogP contribution in [0.4, 0.5) is 13.2 Å². The van der Waals surface area contributed by atoms with Crippen LogP contribution in [0, 0.1) is 0 Å². The van der Waals surface area contributed by atoms with Crippen LogP contribution in [0.3, 0.4) is 0 Å². The topological polar surface area (TPSA) is 82.1 Å². The lowest BCUT2D eigenvalue weighted by Gasteiger charge is -2.12. The molecule has 0 radical (unpaired) electrons. The molecular formula is C14H13F3O6. The molecule has 0 aliphatic heterocycles. The van der Waals surface area contributed by atoms with Crippen LogP contribution in [0.5, 0.6) is 5.75 Å². The first-order valence-corrected chi connectivity index (χ1v) is 6.21. The van der Waals surface area contributed by atoms with Crippen LogP contribution in [0.15, 0.2) is 36.9 Å². The zero-order chi connectivity index (χ0) is 17.5. The number of ether oxygens (including phenoxy) is 3. The van der Waals surface area contributed by atoms with Crippen molar-refractivity contribution >= 4 is 11.9 Å². The summed E-state index contributed by atoms with van der Waals surface area (Å²) in [6, 6.07) is 4.06. The zero-order valence-corrected chi connectivity index (χ0v) is 11.7. The predicted molar refractivity (Wildman–Crippen MR) is 70.6 cm³/mol. The molecule has 1 unspecified atom stereocenters. The van der Waals surface area contributed by atoms with Gasteiger partial charge in [-0.1, -0.05) is 6.58 Å². The number of halogens is 3. The lowest BCUT2D eigenvalue weighted by molar-refractivity contribution is -0.274. The van der Waals surface area contributed by atoms with Crippen LogP contribution in [0.25, 0.3) is 0 Å². The van der Waals surface area contributed by atoms with E-state index in [1.54, 1.807) is 0 Å². The first kappa shape index (κ1) is 18.5. The smallest absolute Gasteiger partial charge is 0.460 e. The third kappa shape index (κ3) is 7.32. The summed E-state index contributed by atoms with van der Waals surface area (Å²) in [5.41, 5.74) is -0.0326. The van der Waals surface area contributed by atoms with Crippen LogP contribution in [-0.4, -0.2) is 42.7 Å². The minimum absolute atomic E-state index is 0.0326. The maximum absolute atomic E-state index is 12.0. The van der Waals surface area contributed by atoms with E-state index in [0.29, 0.717) is 0 Å². The Morgan fingerprint density at radius 1 is 1.17 bits per heavy atom. The Hall–Kier alpha value is -2.55. The van der Waals surface area contributed by atoms with Crippen LogP contribution in [0.2, 0.25) is 0 Å². The van der Waals surface area contributed by atoms with Crippen molar-refractivity contribution in [2.45, 2.75) is 12.5 Å². The summed E-state index contributed by atoms with van der Waals surface area (Å²) >= 11 is 0. The van der Waals surface area contributed by atoms with E-state index in [1.165, 1.54) is 0 Å². The number of carbonyl (C=O) groups is 2. The van der Waals surface area contributed by atoms with Gasteiger partial charge in [0.1, 0.15) is 25.1 Å². The van der Waals surface area contributed by atoms with Crippen LogP contribution < -0.4 is 4.74 Å². The lowest BCUT2D eigenvalue weighted by atomic mass is 10.2. The fourth-order valence-corrected chi connectivity index (χ4v) is 1.33. The van der Waals surface area contributed by atoms with Crippen molar-refractivity contribution in [2.24, 2.45) is 0 Å². The zero-order valence-electron chi connectivity index (χ0n) is 11.7. The molecule has 0 aromatic heterocycles. The second kappa shape index (κ2) is 8.18. The maximum Gasteiger partial charge on any atom is 0.573 e. The van der Waals surface area contributed by atoms with E-state index >= 15 is 0 Å². The Labute approximate surface area is 129 Å². The van der Waals surface area contributed by atoms with Gasteiger partial charge in [0.05, 0.1) is 5.56 Å². The van der Waals surface area contributed by atoms with Gasteiger partial charge < -0.3 is 19.3 Å². The molecule has 0 saturated carbocycles. The number of alkyl halides is 3. The molecule has 1 aromatic rings. The van der Waals surface area contributed by atoms with Gasteiger partial charge in [0.25, 0.3) is 0 Å². The molecule has 0 aliphatic rings. The van der Waals surface area contributed by atoms with Crippen LogP contribution in [-0.2, 0) is 14.3 Å². The first-order chi connectivity index (χ1) is 10.7. The molecule has 6 nitrogen and oxygen atoms in total. The van der Waals surface area contributed by atoms with E-state index in [-0.39, 0.29) is 5.56 Å². The summed E-state index contributed by atoms with van der Waals surface area (Å²) in [6.45, 7) is 2.31. The summed E-state index contributed by atoms with van der Waals surface area (Å²) in [5, 5.41) is 9.43. The Bertz CT molecular complexity index is 553. The quantitative estimate of drug-likeness (QED) is 0.605. The number of hydrogen-bond acceptors (Lipinski definition) is 6. The monoisotopic (exact) mass is 334 g/mol. The molecule has 0 fully saturated rings. The minimum Gasteiger partial charge on any atom is -0.460 e.